The van der Waals surface area contributed by atoms with E-state index in [0.29, 0.717) is 12.0 Å². The Kier molecular flexibility index (Phi) is 5.03. The van der Waals surface area contributed by atoms with Crippen LogP contribution in [0.15, 0.2) is 22.8 Å². The summed E-state index contributed by atoms with van der Waals surface area (Å²) in [7, 11) is 0. The molecule has 1 fully saturated rings. The fourth-order valence-corrected chi connectivity index (χ4v) is 1.12. The molecule has 0 radical (unpaired) electrons. The van der Waals surface area contributed by atoms with Gasteiger partial charge in [0.15, 0.2) is 12.0 Å². The molecule has 1 aromatic heterocycles. The zero-order valence-corrected chi connectivity index (χ0v) is 8.68. The van der Waals surface area contributed by atoms with Gasteiger partial charge in [-0.25, -0.2) is 10.2 Å². The van der Waals surface area contributed by atoms with Crippen LogP contribution in [0.25, 0.3) is 0 Å². The van der Waals surface area contributed by atoms with E-state index in [1.807, 2.05) is 0 Å². The van der Waals surface area contributed by atoms with Crippen molar-refractivity contribution in [3.8, 4) is 0 Å². The number of hydrogen-bond acceptors (Lipinski definition) is 5. The molecule has 0 unspecified atom stereocenters. The maximum absolute atomic E-state index is 10.2. The van der Waals surface area contributed by atoms with E-state index in [0.717, 1.165) is 19.5 Å². The average Bonchev–Trinajstić information content (AvgIpc) is 2.88. The Labute approximate surface area is 92.5 Å². The highest BCUT2D eigenvalue weighted by Gasteiger charge is 2.10. The molecule has 16 heavy (non-hydrogen) atoms. The molecule has 88 valence electrons. The Balaban J connectivity index is 0.000000165. The molecule has 4 N–H and O–H groups in total. The molecular formula is C9H14N4O3. The van der Waals surface area contributed by atoms with Crippen molar-refractivity contribution in [1.82, 2.24) is 16.0 Å². The van der Waals surface area contributed by atoms with Crippen LogP contribution >= 0.6 is 0 Å². The lowest BCUT2D eigenvalue weighted by atomic mass is 10.5. The van der Waals surface area contributed by atoms with E-state index in [4.69, 9.17) is 5.73 Å². The lowest BCUT2D eigenvalue weighted by Crippen LogP contribution is -2.48. The fourth-order valence-electron chi connectivity index (χ4n) is 1.12. The molecule has 1 aliphatic heterocycles. The van der Waals surface area contributed by atoms with E-state index in [9.17, 15) is 9.59 Å². The largest absolute Gasteiger partial charge is 0.462 e. The molecule has 2 heterocycles. The van der Waals surface area contributed by atoms with Crippen molar-refractivity contribution in [1.29, 1.82) is 0 Å². The summed E-state index contributed by atoms with van der Waals surface area (Å²) in [5.41, 5.74) is 10.2. The maximum Gasteiger partial charge on any atom is 0.327 e. The molecule has 0 bridgehead atoms. The van der Waals surface area contributed by atoms with Crippen LogP contribution in [0.3, 0.4) is 0 Å². The van der Waals surface area contributed by atoms with Gasteiger partial charge in [-0.05, 0) is 18.6 Å². The predicted octanol–water partition coefficient (Wildman–Crippen LogP) is -0.128. The number of nitrogens with zero attached hydrogens (tertiary/aromatic N) is 1. The number of nitrogens with one attached hydrogen (secondary N) is 2. The Hall–Kier alpha value is -1.86. The number of rotatable bonds is 2. The zero-order valence-electron chi connectivity index (χ0n) is 8.68. The molecular weight excluding hydrogens is 212 g/mol. The van der Waals surface area contributed by atoms with E-state index >= 15 is 0 Å². The van der Waals surface area contributed by atoms with Crippen LogP contribution in [-0.4, -0.2) is 30.5 Å². The van der Waals surface area contributed by atoms with Crippen LogP contribution in [0.1, 0.15) is 17.0 Å². The summed E-state index contributed by atoms with van der Waals surface area (Å²) in [6.45, 7) is 1.73. The monoisotopic (exact) mass is 226 g/mol. The van der Waals surface area contributed by atoms with Crippen LogP contribution in [0.4, 0.5) is 4.79 Å². The van der Waals surface area contributed by atoms with Gasteiger partial charge in [-0.3, -0.25) is 10.2 Å². The molecule has 7 nitrogen and oxygen atoms in total. The van der Waals surface area contributed by atoms with Crippen molar-refractivity contribution in [2.45, 2.75) is 6.42 Å². The first kappa shape index (κ1) is 12.2. The summed E-state index contributed by atoms with van der Waals surface area (Å²) in [6.07, 6.45) is 3.17. The predicted molar refractivity (Wildman–Crippen MR) is 56.1 cm³/mol. The SMILES string of the molecule is NC(=O)NN1CCCN1.O=Cc1ccco1. The Morgan fingerprint density at radius 3 is 2.88 bits per heavy atom. The highest BCUT2D eigenvalue weighted by molar-refractivity contribution is 5.71. The first-order valence-corrected chi connectivity index (χ1v) is 4.78. The molecule has 2 amide bonds. The third-order valence-electron chi connectivity index (χ3n) is 1.77. The van der Waals surface area contributed by atoms with E-state index in [1.54, 1.807) is 17.3 Å². The minimum absolute atomic E-state index is 0.375. The molecule has 1 aromatic rings. The Morgan fingerprint density at radius 2 is 2.50 bits per heavy atom. The van der Waals surface area contributed by atoms with Crippen LogP contribution < -0.4 is 16.6 Å². The van der Waals surface area contributed by atoms with Gasteiger partial charge in [-0.1, -0.05) is 0 Å². The van der Waals surface area contributed by atoms with E-state index in [-0.39, 0.29) is 0 Å². The number of hydrogen-bond donors (Lipinski definition) is 3. The van der Waals surface area contributed by atoms with Gasteiger partial charge in [0, 0.05) is 13.1 Å². The number of carbonyl (C=O) groups is 2. The first-order chi connectivity index (χ1) is 7.72. The van der Waals surface area contributed by atoms with Gasteiger partial charge < -0.3 is 10.2 Å². The number of carbonyl (C=O) groups excluding carboxylic acids is 2. The number of furan rings is 1. The summed E-state index contributed by atoms with van der Waals surface area (Å²) >= 11 is 0. The van der Waals surface area contributed by atoms with Gasteiger partial charge in [0.25, 0.3) is 0 Å². The number of urea groups is 1. The van der Waals surface area contributed by atoms with Crippen LogP contribution in [0, 0.1) is 0 Å². The second-order valence-electron chi connectivity index (χ2n) is 3.02. The Bertz CT molecular complexity index is 320. The van der Waals surface area contributed by atoms with Crippen molar-refractivity contribution < 1.29 is 14.0 Å². The second kappa shape index (κ2) is 6.59. The van der Waals surface area contributed by atoms with Crippen LogP contribution in [0.2, 0.25) is 0 Å². The number of nitrogens with two attached hydrogens (primary N) is 1. The van der Waals surface area contributed by atoms with Gasteiger partial charge in [0.2, 0.25) is 0 Å². The van der Waals surface area contributed by atoms with Crippen molar-refractivity contribution in [3.63, 3.8) is 0 Å². The average molecular weight is 226 g/mol. The third-order valence-corrected chi connectivity index (χ3v) is 1.77. The highest BCUT2D eigenvalue weighted by Crippen LogP contribution is 1.92. The van der Waals surface area contributed by atoms with Crippen molar-refractivity contribution in [3.05, 3.63) is 24.2 Å². The molecule has 0 aliphatic carbocycles. The molecule has 0 atom stereocenters. The van der Waals surface area contributed by atoms with Gasteiger partial charge in [0.05, 0.1) is 6.26 Å². The summed E-state index contributed by atoms with van der Waals surface area (Å²) < 4.78 is 4.61. The summed E-state index contributed by atoms with van der Waals surface area (Å²) in [6, 6.07) is 2.75. The summed E-state index contributed by atoms with van der Waals surface area (Å²) in [5, 5.41) is 1.59. The van der Waals surface area contributed by atoms with Gasteiger partial charge in [-0.2, -0.15) is 5.12 Å². The molecule has 2 rings (SSSR count). The van der Waals surface area contributed by atoms with Crippen molar-refractivity contribution in [2.75, 3.05) is 13.1 Å². The third kappa shape index (κ3) is 4.58. The summed E-state index contributed by atoms with van der Waals surface area (Å²) in [5.74, 6) is 0.375. The number of hydrazine groups is 2. The topological polar surface area (TPSA) is 101 Å². The smallest absolute Gasteiger partial charge is 0.327 e. The molecule has 0 spiro atoms. The number of aldehydes is 1. The Morgan fingerprint density at radius 1 is 1.69 bits per heavy atom. The molecule has 0 aromatic carbocycles. The zero-order chi connectivity index (χ0) is 11.8. The minimum Gasteiger partial charge on any atom is -0.462 e. The summed E-state index contributed by atoms with van der Waals surface area (Å²) in [4.78, 5) is 20.0. The quantitative estimate of drug-likeness (QED) is 0.610. The van der Waals surface area contributed by atoms with Crippen molar-refractivity contribution >= 4 is 12.3 Å². The lowest BCUT2D eigenvalue weighted by molar-refractivity contribution is 0.110. The second-order valence-corrected chi connectivity index (χ2v) is 3.02. The molecule has 1 saturated heterocycles. The number of amides is 2. The normalized spacial score (nSPS) is 15.0. The van der Waals surface area contributed by atoms with Gasteiger partial charge in [-0.15, -0.1) is 0 Å². The number of primary amides is 1. The fraction of sp³-hybridized carbons (Fsp3) is 0.333. The lowest BCUT2D eigenvalue weighted by Gasteiger charge is -2.13. The maximum atomic E-state index is 10.2. The molecule has 7 heteroatoms. The standard InChI is InChI=1S/C5H4O2.C4H10N4O/c6-4-5-2-1-3-7-5;5-4(9)7-8-3-1-2-6-8/h1-4H;6H,1-3H2,(H3,5,7,9). The molecule has 0 saturated carbocycles. The van der Waals surface area contributed by atoms with E-state index < -0.39 is 6.03 Å². The van der Waals surface area contributed by atoms with Crippen LogP contribution in [-0.2, 0) is 0 Å². The molecule has 1 aliphatic rings. The first-order valence-electron chi connectivity index (χ1n) is 4.78. The van der Waals surface area contributed by atoms with E-state index in [2.05, 4.69) is 15.3 Å². The highest BCUT2D eigenvalue weighted by atomic mass is 16.3. The van der Waals surface area contributed by atoms with Crippen molar-refractivity contribution in [2.24, 2.45) is 5.73 Å². The van der Waals surface area contributed by atoms with Gasteiger partial charge in [0.1, 0.15) is 0 Å². The van der Waals surface area contributed by atoms with E-state index in [1.165, 1.54) is 6.26 Å². The minimum atomic E-state index is -0.524. The van der Waals surface area contributed by atoms with Crippen LogP contribution in [0.5, 0.6) is 0 Å². The van der Waals surface area contributed by atoms with Gasteiger partial charge >= 0.3 is 6.03 Å².